The molecule has 0 spiro atoms. The minimum Gasteiger partial charge on any atom is -0.381 e. The summed E-state index contributed by atoms with van der Waals surface area (Å²) in [5.41, 5.74) is 0. The molecule has 2 atom stereocenters. The third-order valence-electron chi connectivity index (χ3n) is 3.20. The lowest BCUT2D eigenvalue weighted by atomic mass is 10.3. The monoisotopic (exact) mass is 286 g/mol. The minimum atomic E-state index is -3.56. The molecule has 2 rings (SSSR count). The predicted molar refractivity (Wildman–Crippen MR) is 70.3 cm³/mol. The van der Waals surface area contributed by atoms with Gasteiger partial charge in [0.15, 0.2) is 0 Å². The Morgan fingerprint density at radius 1 is 1.32 bits per heavy atom. The highest BCUT2D eigenvalue weighted by molar-refractivity contribution is 7.89. The van der Waals surface area contributed by atoms with E-state index >= 15 is 0 Å². The average Bonchev–Trinajstić information content (AvgIpc) is 2.85. The zero-order valence-corrected chi connectivity index (χ0v) is 11.8. The molecule has 1 aromatic rings. The molecule has 0 radical (unpaired) electrons. The zero-order valence-electron chi connectivity index (χ0n) is 11.0. The molecule has 106 valence electrons. The standard InChI is InChI=1S/C11H18N4O3S/c1-12-11-13-6-10(7-14-11)19(16,17)15-8-3-4-9(5-8)18-2/h6-9,15H,3-5H2,1-2H3,(H,12,13,14). The van der Waals surface area contributed by atoms with Gasteiger partial charge in [-0.1, -0.05) is 0 Å². The van der Waals surface area contributed by atoms with E-state index in [9.17, 15) is 8.42 Å². The summed E-state index contributed by atoms with van der Waals surface area (Å²) in [7, 11) is -0.242. The molecule has 2 unspecified atom stereocenters. The molecule has 7 nitrogen and oxygen atoms in total. The zero-order chi connectivity index (χ0) is 13.9. The lowest BCUT2D eigenvalue weighted by Gasteiger charge is -2.13. The topological polar surface area (TPSA) is 93.2 Å². The van der Waals surface area contributed by atoms with Crippen LogP contribution in [-0.4, -0.2) is 44.7 Å². The van der Waals surface area contributed by atoms with Gasteiger partial charge in [0.25, 0.3) is 0 Å². The van der Waals surface area contributed by atoms with Crippen molar-refractivity contribution < 1.29 is 13.2 Å². The van der Waals surface area contributed by atoms with E-state index in [4.69, 9.17) is 4.74 Å². The maximum Gasteiger partial charge on any atom is 0.243 e. The fourth-order valence-electron chi connectivity index (χ4n) is 2.13. The van der Waals surface area contributed by atoms with E-state index in [2.05, 4.69) is 20.0 Å². The molecule has 1 aromatic heterocycles. The summed E-state index contributed by atoms with van der Waals surface area (Å²) in [5, 5.41) is 2.74. The van der Waals surface area contributed by atoms with Crippen molar-refractivity contribution in [2.75, 3.05) is 19.5 Å². The van der Waals surface area contributed by atoms with Crippen LogP contribution in [0.3, 0.4) is 0 Å². The van der Waals surface area contributed by atoms with Crippen LogP contribution in [0.15, 0.2) is 17.3 Å². The SMILES string of the molecule is CNc1ncc(S(=O)(=O)NC2CCC(OC)C2)cn1. The van der Waals surface area contributed by atoms with Crippen molar-refractivity contribution in [2.45, 2.75) is 36.3 Å². The van der Waals surface area contributed by atoms with E-state index in [1.54, 1.807) is 14.2 Å². The van der Waals surface area contributed by atoms with E-state index in [1.165, 1.54) is 12.4 Å². The number of rotatable bonds is 5. The van der Waals surface area contributed by atoms with Crippen molar-refractivity contribution in [3.63, 3.8) is 0 Å². The van der Waals surface area contributed by atoms with Crippen LogP contribution in [-0.2, 0) is 14.8 Å². The van der Waals surface area contributed by atoms with Gasteiger partial charge >= 0.3 is 0 Å². The van der Waals surface area contributed by atoms with E-state index in [0.29, 0.717) is 12.4 Å². The van der Waals surface area contributed by atoms with Crippen LogP contribution in [0.1, 0.15) is 19.3 Å². The van der Waals surface area contributed by atoms with E-state index in [0.717, 1.165) is 12.8 Å². The minimum absolute atomic E-state index is 0.0763. The first-order valence-corrected chi connectivity index (χ1v) is 7.58. The molecule has 1 aliphatic rings. The summed E-state index contributed by atoms with van der Waals surface area (Å²) in [5.74, 6) is 0.388. The highest BCUT2D eigenvalue weighted by Crippen LogP contribution is 2.23. The largest absolute Gasteiger partial charge is 0.381 e. The van der Waals surface area contributed by atoms with Crippen molar-refractivity contribution >= 4 is 16.0 Å². The lowest BCUT2D eigenvalue weighted by Crippen LogP contribution is -2.33. The fourth-order valence-corrected chi connectivity index (χ4v) is 3.30. The Balaban J connectivity index is 2.05. The van der Waals surface area contributed by atoms with Gasteiger partial charge in [-0.05, 0) is 19.3 Å². The molecule has 0 amide bonds. The molecule has 1 fully saturated rings. The van der Waals surface area contributed by atoms with Gasteiger partial charge in [-0.3, -0.25) is 0 Å². The number of nitrogens with zero attached hydrogens (tertiary/aromatic N) is 2. The molecule has 1 heterocycles. The maximum absolute atomic E-state index is 12.1. The van der Waals surface area contributed by atoms with Gasteiger partial charge in [-0.25, -0.2) is 23.1 Å². The number of nitrogens with one attached hydrogen (secondary N) is 2. The number of anilines is 1. The van der Waals surface area contributed by atoms with Crippen LogP contribution in [0.5, 0.6) is 0 Å². The predicted octanol–water partition coefficient (Wildman–Crippen LogP) is 0.364. The molecular weight excluding hydrogens is 268 g/mol. The quantitative estimate of drug-likeness (QED) is 0.812. The summed E-state index contributed by atoms with van der Waals surface area (Å²) >= 11 is 0. The molecule has 0 aliphatic heterocycles. The van der Waals surface area contributed by atoms with Gasteiger partial charge < -0.3 is 10.1 Å². The number of ether oxygens (including phenoxy) is 1. The second-order valence-electron chi connectivity index (χ2n) is 4.48. The Morgan fingerprint density at radius 3 is 2.53 bits per heavy atom. The van der Waals surface area contributed by atoms with Gasteiger partial charge in [0.2, 0.25) is 16.0 Å². The first kappa shape index (κ1) is 14.2. The average molecular weight is 286 g/mol. The summed E-state index contributed by atoms with van der Waals surface area (Å²) in [6, 6.07) is -0.0843. The van der Waals surface area contributed by atoms with Crippen LogP contribution in [0.2, 0.25) is 0 Å². The van der Waals surface area contributed by atoms with Crippen molar-refractivity contribution in [3.05, 3.63) is 12.4 Å². The van der Waals surface area contributed by atoms with Gasteiger partial charge in [0.05, 0.1) is 18.5 Å². The van der Waals surface area contributed by atoms with Crippen molar-refractivity contribution in [3.8, 4) is 0 Å². The van der Waals surface area contributed by atoms with Gasteiger partial charge in [0.1, 0.15) is 4.90 Å². The van der Waals surface area contributed by atoms with Crippen LogP contribution >= 0.6 is 0 Å². The highest BCUT2D eigenvalue weighted by atomic mass is 32.2. The molecule has 0 saturated heterocycles. The molecular formula is C11H18N4O3S. The highest BCUT2D eigenvalue weighted by Gasteiger charge is 2.28. The summed E-state index contributed by atoms with van der Waals surface area (Å²) < 4.78 is 32.2. The summed E-state index contributed by atoms with van der Waals surface area (Å²) in [4.78, 5) is 7.88. The smallest absolute Gasteiger partial charge is 0.243 e. The lowest BCUT2D eigenvalue weighted by molar-refractivity contribution is 0.107. The Hall–Kier alpha value is -1.25. The van der Waals surface area contributed by atoms with Gasteiger partial charge in [-0.15, -0.1) is 0 Å². The van der Waals surface area contributed by atoms with Crippen LogP contribution in [0, 0.1) is 0 Å². The van der Waals surface area contributed by atoms with Crippen LogP contribution in [0.25, 0.3) is 0 Å². The molecule has 8 heteroatoms. The molecule has 0 aromatic carbocycles. The molecule has 0 bridgehead atoms. The number of sulfonamides is 1. The second-order valence-corrected chi connectivity index (χ2v) is 6.20. The first-order valence-electron chi connectivity index (χ1n) is 6.10. The van der Waals surface area contributed by atoms with Crippen LogP contribution in [0.4, 0.5) is 5.95 Å². The molecule has 19 heavy (non-hydrogen) atoms. The fraction of sp³-hybridized carbons (Fsp3) is 0.636. The van der Waals surface area contributed by atoms with E-state index in [1.807, 2.05) is 0 Å². The molecule has 1 saturated carbocycles. The normalized spacial score (nSPS) is 23.5. The third kappa shape index (κ3) is 3.40. The van der Waals surface area contributed by atoms with Crippen molar-refractivity contribution in [1.82, 2.24) is 14.7 Å². The van der Waals surface area contributed by atoms with Gasteiger partial charge in [0, 0.05) is 20.2 Å². The molecule has 2 N–H and O–H groups in total. The van der Waals surface area contributed by atoms with Crippen LogP contribution < -0.4 is 10.0 Å². The van der Waals surface area contributed by atoms with Gasteiger partial charge in [-0.2, -0.15) is 0 Å². The third-order valence-corrected chi connectivity index (χ3v) is 4.68. The van der Waals surface area contributed by atoms with Crippen molar-refractivity contribution in [1.29, 1.82) is 0 Å². The summed E-state index contributed by atoms with van der Waals surface area (Å²) in [6.45, 7) is 0. The second kappa shape index (κ2) is 5.81. The number of hydrogen-bond donors (Lipinski definition) is 2. The number of hydrogen-bond acceptors (Lipinski definition) is 6. The Bertz CT molecular complexity index is 517. The Morgan fingerprint density at radius 2 is 2.00 bits per heavy atom. The number of aromatic nitrogens is 2. The summed E-state index contributed by atoms with van der Waals surface area (Å²) in [6.07, 6.45) is 5.08. The van der Waals surface area contributed by atoms with Crippen molar-refractivity contribution in [2.24, 2.45) is 0 Å². The number of methoxy groups -OCH3 is 1. The first-order chi connectivity index (χ1) is 9.05. The Kier molecular flexibility index (Phi) is 4.33. The Labute approximate surface area is 112 Å². The maximum atomic E-state index is 12.1. The van der Waals surface area contributed by atoms with E-state index in [-0.39, 0.29) is 17.0 Å². The van der Waals surface area contributed by atoms with E-state index < -0.39 is 10.0 Å². The molecule has 1 aliphatic carbocycles.